The Labute approximate surface area is 298 Å². The third-order valence-electron chi connectivity index (χ3n) is 8.78. The highest BCUT2D eigenvalue weighted by molar-refractivity contribution is 5.81. The molecule has 2 aliphatic heterocycles. The van der Waals surface area contributed by atoms with Gasteiger partial charge < -0.3 is 19.4 Å². The third kappa shape index (κ3) is 8.58. The molecule has 2 amide bonds. The van der Waals surface area contributed by atoms with Crippen LogP contribution in [0, 0.1) is 5.82 Å². The highest BCUT2D eigenvalue weighted by Crippen LogP contribution is 2.36. The van der Waals surface area contributed by atoms with Crippen molar-refractivity contribution in [2.75, 3.05) is 13.1 Å². The van der Waals surface area contributed by atoms with Gasteiger partial charge in [0.1, 0.15) is 28.7 Å². The van der Waals surface area contributed by atoms with Gasteiger partial charge in [0.05, 0.1) is 35.9 Å². The minimum atomic E-state index is -0.597. The maximum atomic E-state index is 16.0. The molecule has 2 atom stereocenters. The summed E-state index contributed by atoms with van der Waals surface area (Å²) in [4.78, 5) is 45.0. The number of aromatic amines is 2. The number of amides is 2. The number of allylic oxidation sites excluding steroid dienone is 2. The number of ether oxygens (including phenoxy) is 2. The van der Waals surface area contributed by atoms with Crippen molar-refractivity contribution < 1.29 is 23.5 Å². The normalized spacial score (nSPS) is 18.3. The Kier molecular flexibility index (Phi) is 10.2. The lowest BCUT2D eigenvalue weighted by atomic mass is 9.95. The van der Waals surface area contributed by atoms with Crippen LogP contribution in [0.3, 0.4) is 0 Å². The molecule has 2 saturated heterocycles. The highest BCUT2D eigenvalue weighted by atomic mass is 19.1. The summed E-state index contributed by atoms with van der Waals surface area (Å²) in [6.07, 6.45) is 13.3. The Balaban J connectivity index is 1.21. The van der Waals surface area contributed by atoms with Crippen LogP contribution >= 0.6 is 0 Å². The third-order valence-corrected chi connectivity index (χ3v) is 8.78. The second-order valence-corrected chi connectivity index (χ2v) is 15.1. The molecule has 0 aliphatic carbocycles. The molecule has 2 aromatic heterocycles. The number of likely N-dealkylation sites (tertiary alicyclic amines) is 2. The molecule has 0 saturated carbocycles. The molecule has 2 fully saturated rings. The fourth-order valence-electron chi connectivity index (χ4n) is 6.55. The van der Waals surface area contributed by atoms with Crippen molar-refractivity contribution in [2.45, 2.75) is 90.5 Å². The first-order valence-corrected chi connectivity index (χ1v) is 17.6. The van der Waals surface area contributed by atoms with Crippen LogP contribution in [-0.4, -0.2) is 66.2 Å². The Bertz CT molecular complexity index is 1920. The second kappa shape index (κ2) is 14.6. The van der Waals surface area contributed by atoms with Crippen LogP contribution in [0.1, 0.15) is 102 Å². The van der Waals surface area contributed by atoms with Gasteiger partial charge in [0.25, 0.3) is 0 Å². The molecule has 11 heteroatoms. The lowest BCUT2D eigenvalue weighted by Gasteiger charge is -2.27. The van der Waals surface area contributed by atoms with Gasteiger partial charge in [-0.1, -0.05) is 48.6 Å². The van der Waals surface area contributed by atoms with Crippen molar-refractivity contribution in [1.82, 2.24) is 29.7 Å². The van der Waals surface area contributed by atoms with Gasteiger partial charge in [0, 0.05) is 24.2 Å². The van der Waals surface area contributed by atoms with E-state index in [9.17, 15) is 9.59 Å². The van der Waals surface area contributed by atoms with E-state index in [0.29, 0.717) is 41.6 Å². The van der Waals surface area contributed by atoms with Gasteiger partial charge in [-0.2, -0.15) is 0 Å². The molecule has 4 heterocycles. The average Bonchev–Trinajstić information content (AvgIpc) is 3.88. The molecule has 4 aromatic rings. The summed E-state index contributed by atoms with van der Waals surface area (Å²) in [7, 11) is 0. The molecule has 6 rings (SSSR count). The summed E-state index contributed by atoms with van der Waals surface area (Å²) in [5.41, 5.74) is 2.97. The average molecular weight is 695 g/mol. The van der Waals surface area contributed by atoms with Crippen molar-refractivity contribution >= 4 is 24.3 Å². The SMILES string of the molecule is CC(C)(C)OC(=O)N1CCC[C@H]1c1ncc(C=CC=Cc2c(F)cc(-c3cnc([C@@H]4CCCN4C(=O)OC(C)(C)C)[nH]3)cc2-c2ccccc2)[nH]1. The number of nitrogens with zero attached hydrogens (tertiary/aromatic N) is 4. The smallest absolute Gasteiger partial charge is 0.410 e. The van der Waals surface area contributed by atoms with Crippen molar-refractivity contribution in [3.05, 3.63) is 95.7 Å². The van der Waals surface area contributed by atoms with E-state index in [0.717, 1.165) is 42.5 Å². The van der Waals surface area contributed by atoms with Crippen LogP contribution in [-0.2, 0) is 9.47 Å². The molecule has 2 aromatic carbocycles. The number of hydrogen-bond acceptors (Lipinski definition) is 6. The number of carbonyl (C=O) groups is 2. The fourth-order valence-corrected chi connectivity index (χ4v) is 6.55. The molecule has 2 aliphatic rings. The maximum absolute atomic E-state index is 16.0. The molecule has 0 unspecified atom stereocenters. The largest absolute Gasteiger partial charge is 0.444 e. The van der Waals surface area contributed by atoms with Crippen LogP contribution in [0.15, 0.2) is 67.0 Å². The number of aromatic nitrogens is 4. The summed E-state index contributed by atoms with van der Waals surface area (Å²) < 4.78 is 27.2. The van der Waals surface area contributed by atoms with Gasteiger partial charge >= 0.3 is 12.2 Å². The summed E-state index contributed by atoms with van der Waals surface area (Å²) in [6, 6.07) is 12.7. The number of carbonyl (C=O) groups excluding carboxylic acids is 2. The van der Waals surface area contributed by atoms with E-state index in [4.69, 9.17) is 9.47 Å². The molecule has 2 N–H and O–H groups in total. The second-order valence-electron chi connectivity index (χ2n) is 15.1. The predicted molar refractivity (Wildman–Crippen MR) is 196 cm³/mol. The van der Waals surface area contributed by atoms with Gasteiger partial charge in [0.15, 0.2) is 0 Å². The molecule has 0 spiro atoms. The van der Waals surface area contributed by atoms with Gasteiger partial charge in [-0.25, -0.2) is 23.9 Å². The molecular formula is C40H47FN6O4. The summed E-state index contributed by atoms with van der Waals surface area (Å²) >= 11 is 0. The van der Waals surface area contributed by atoms with Gasteiger partial charge in [0.2, 0.25) is 0 Å². The van der Waals surface area contributed by atoms with Crippen LogP contribution in [0.4, 0.5) is 14.0 Å². The molecule has 10 nitrogen and oxygen atoms in total. The molecule has 0 radical (unpaired) electrons. The zero-order valence-corrected chi connectivity index (χ0v) is 30.2. The number of imidazole rings is 2. The first kappa shape index (κ1) is 35.6. The van der Waals surface area contributed by atoms with E-state index in [1.54, 1.807) is 34.3 Å². The topological polar surface area (TPSA) is 116 Å². The first-order valence-electron chi connectivity index (χ1n) is 17.6. The van der Waals surface area contributed by atoms with Gasteiger partial charge in [-0.3, -0.25) is 9.80 Å². The molecule has 51 heavy (non-hydrogen) atoms. The lowest BCUT2D eigenvalue weighted by Crippen LogP contribution is -2.36. The Morgan fingerprint density at radius 3 is 1.96 bits per heavy atom. The van der Waals surface area contributed by atoms with Crippen molar-refractivity contribution in [1.29, 1.82) is 0 Å². The molecular weight excluding hydrogens is 647 g/mol. The minimum absolute atomic E-state index is 0.174. The first-order chi connectivity index (χ1) is 24.3. The number of H-pyrrole nitrogens is 2. The van der Waals surface area contributed by atoms with E-state index in [2.05, 4.69) is 19.9 Å². The standard InChI is InChI=1S/C40H47FN6O4/c1-39(2,3)50-37(48)46-20-12-18-33(46)35-42-24-28(44-35)16-10-11-17-29-30(26-14-8-7-9-15-26)22-27(23-31(29)41)32-25-43-36(45-32)34-19-13-21-47(34)38(49)51-40(4,5)6/h7-11,14-17,22-25,33-34H,12-13,18-21H2,1-6H3,(H,42,44)(H,43,45)/t33-,34-/m0/s1. The molecule has 268 valence electrons. The van der Waals surface area contributed by atoms with Crippen molar-refractivity contribution in [3.8, 4) is 22.4 Å². The maximum Gasteiger partial charge on any atom is 0.410 e. The van der Waals surface area contributed by atoms with E-state index < -0.39 is 11.2 Å². The summed E-state index contributed by atoms with van der Waals surface area (Å²) in [5, 5.41) is 0. The Morgan fingerprint density at radius 2 is 1.35 bits per heavy atom. The van der Waals surface area contributed by atoms with E-state index in [1.807, 2.05) is 90.1 Å². The quantitative estimate of drug-likeness (QED) is 0.186. The predicted octanol–water partition coefficient (Wildman–Crippen LogP) is 9.48. The van der Waals surface area contributed by atoms with Crippen LogP contribution in [0.2, 0.25) is 0 Å². The van der Waals surface area contributed by atoms with Crippen molar-refractivity contribution in [2.24, 2.45) is 0 Å². The number of hydrogen-bond donors (Lipinski definition) is 2. The summed E-state index contributed by atoms with van der Waals surface area (Å²) in [5.74, 6) is 0.981. The lowest BCUT2D eigenvalue weighted by molar-refractivity contribution is 0.0208. The Morgan fingerprint density at radius 1 is 0.784 bits per heavy atom. The number of halogens is 1. The zero-order chi connectivity index (χ0) is 36.3. The number of nitrogens with one attached hydrogen (secondary N) is 2. The fraction of sp³-hybridized carbons (Fsp3) is 0.400. The number of rotatable bonds is 7. The van der Waals surface area contributed by atoms with E-state index >= 15 is 4.39 Å². The zero-order valence-electron chi connectivity index (χ0n) is 30.2. The van der Waals surface area contributed by atoms with Crippen molar-refractivity contribution in [3.63, 3.8) is 0 Å². The highest BCUT2D eigenvalue weighted by Gasteiger charge is 2.36. The summed E-state index contributed by atoms with van der Waals surface area (Å²) in [6.45, 7) is 12.3. The van der Waals surface area contributed by atoms with Crippen LogP contribution < -0.4 is 0 Å². The minimum Gasteiger partial charge on any atom is -0.444 e. The van der Waals surface area contributed by atoms with Gasteiger partial charge in [-0.15, -0.1) is 0 Å². The number of benzene rings is 2. The monoisotopic (exact) mass is 694 g/mol. The van der Waals surface area contributed by atoms with E-state index in [-0.39, 0.29) is 30.1 Å². The van der Waals surface area contributed by atoms with Crippen LogP contribution in [0.25, 0.3) is 34.5 Å². The van der Waals surface area contributed by atoms with Crippen LogP contribution in [0.5, 0.6) is 0 Å². The Hall–Kier alpha value is -5.19. The van der Waals surface area contributed by atoms with Gasteiger partial charge in [-0.05, 0) is 96.6 Å². The molecule has 0 bridgehead atoms. The van der Waals surface area contributed by atoms with E-state index in [1.165, 1.54) is 6.07 Å².